The van der Waals surface area contributed by atoms with Gasteiger partial charge in [0.15, 0.2) is 0 Å². The number of methoxy groups -OCH3 is 1. The van der Waals surface area contributed by atoms with Gasteiger partial charge in [0.05, 0.1) is 25.2 Å². The minimum atomic E-state index is -1.28. The molecule has 0 aromatic carbocycles. The van der Waals surface area contributed by atoms with Gasteiger partial charge in [0.2, 0.25) is 5.88 Å². The summed E-state index contributed by atoms with van der Waals surface area (Å²) < 4.78 is 11.5. The molecule has 7 heteroatoms. The quantitative estimate of drug-likeness (QED) is 0.817. The molecular formula is C17H26N4O2S. The lowest BCUT2D eigenvalue weighted by Crippen LogP contribution is -2.26. The molecule has 0 amide bonds. The minimum Gasteiger partial charge on any atom is -0.480 e. The van der Waals surface area contributed by atoms with Gasteiger partial charge >= 0.3 is 0 Å². The van der Waals surface area contributed by atoms with Crippen molar-refractivity contribution in [3.8, 4) is 17.3 Å². The van der Waals surface area contributed by atoms with Crippen molar-refractivity contribution in [2.45, 2.75) is 38.5 Å². The fraction of sp³-hybridized carbons (Fsp3) is 0.529. The van der Waals surface area contributed by atoms with Crippen molar-refractivity contribution < 1.29 is 8.92 Å². The summed E-state index contributed by atoms with van der Waals surface area (Å²) in [5.74, 6) is 0.465. The highest BCUT2D eigenvalue weighted by atomic mass is 32.3. The van der Waals surface area contributed by atoms with Crippen molar-refractivity contribution in [1.29, 1.82) is 0 Å². The Labute approximate surface area is 145 Å². The molecule has 0 spiro atoms. The summed E-state index contributed by atoms with van der Waals surface area (Å²) in [6.45, 7) is 8.59. The second kappa shape index (κ2) is 7.03. The molecule has 0 saturated heterocycles. The normalized spacial score (nSPS) is 14.3. The van der Waals surface area contributed by atoms with Gasteiger partial charge in [-0.25, -0.2) is 9.97 Å². The Morgan fingerprint density at radius 1 is 1.00 bits per heavy atom. The molecule has 132 valence electrons. The van der Waals surface area contributed by atoms with Gasteiger partial charge in [0, 0.05) is 17.1 Å². The number of nitrogens with zero attached hydrogens (tertiary/aromatic N) is 4. The maximum Gasteiger partial charge on any atom is 0.232 e. The second-order valence-electron chi connectivity index (χ2n) is 6.82. The van der Waals surface area contributed by atoms with E-state index in [4.69, 9.17) is 8.92 Å². The monoisotopic (exact) mass is 350 g/mol. The van der Waals surface area contributed by atoms with E-state index >= 15 is 0 Å². The first-order valence-corrected chi connectivity index (χ1v) is 10.1. The molecule has 1 unspecified atom stereocenters. The third-order valence-corrected chi connectivity index (χ3v) is 7.77. The smallest absolute Gasteiger partial charge is 0.232 e. The van der Waals surface area contributed by atoms with Crippen LogP contribution in [0.1, 0.15) is 39.5 Å². The van der Waals surface area contributed by atoms with Crippen molar-refractivity contribution >= 4 is 10.3 Å². The lowest BCUT2D eigenvalue weighted by atomic mass is 10.2. The molecule has 24 heavy (non-hydrogen) atoms. The number of ether oxygens (including phenoxy) is 1. The molecule has 0 N–H and O–H groups in total. The Kier molecular flexibility index (Phi) is 5.45. The topological polar surface area (TPSA) is 70.0 Å². The van der Waals surface area contributed by atoms with Crippen LogP contribution < -0.4 is 4.74 Å². The summed E-state index contributed by atoms with van der Waals surface area (Å²) in [4.78, 5) is 17.5. The van der Waals surface area contributed by atoms with Crippen LogP contribution in [0.2, 0.25) is 0 Å². The van der Waals surface area contributed by atoms with E-state index in [0.29, 0.717) is 17.3 Å². The van der Waals surface area contributed by atoms with Gasteiger partial charge in [-0.3, -0.25) is 9.97 Å². The van der Waals surface area contributed by atoms with E-state index in [9.17, 15) is 0 Å². The number of hydrogen-bond acceptors (Lipinski definition) is 6. The Morgan fingerprint density at radius 2 is 1.67 bits per heavy atom. The standard InChI is InChI=1S/C17H26N4O2S/c1-12(23-24(6,7)17(2,3)4)15-16(19-9-8-18-15)13-10-21-14(22-5)11-20-13/h8-12H,1-7H3. The van der Waals surface area contributed by atoms with Crippen LogP contribution in [0.3, 0.4) is 0 Å². The summed E-state index contributed by atoms with van der Waals surface area (Å²) in [5, 5.41) is 0. The van der Waals surface area contributed by atoms with Gasteiger partial charge in [-0.2, -0.15) is 0 Å². The summed E-state index contributed by atoms with van der Waals surface area (Å²) in [6.07, 6.45) is 10.7. The van der Waals surface area contributed by atoms with Crippen LogP contribution in [0.4, 0.5) is 0 Å². The van der Waals surface area contributed by atoms with Gasteiger partial charge in [-0.05, 0) is 19.4 Å². The molecule has 0 aliphatic carbocycles. The summed E-state index contributed by atoms with van der Waals surface area (Å²) in [5.41, 5.74) is 2.10. The average Bonchev–Trinajstić information content (AvgIpc) is 2.53. The first-order valence-electron chi connectivity index (χ1n) is 7.74. The van der Waals surface area contributed by atoms with E-state index in [1.165, 1.54) is 0 Å². The number of aromatic nitrogens is 4. The molecular weight excluding hydrogens is 324 g/mol. The van der Waals surface area contributed by atoms with Crippen molar-refractivity contribution in [2.24, 2.45) is 0 Å². The zero-order valence-corrected chi connectivity index (χ0v) is 16.2. The van der Waals surface area contributed by atoms with Crippen LogP contribution in [0.25, 0.3) is 11.4 Å². The van der Waals surface area contributed by atoms with Crippen LogP contribution in [0.5, 0.6) is 5.88 Å². The van der Waals surface area contributed by atoms with Gasteiger partial charge in [0.25, 0.3) is 0 Å². The largest absolute Gasteiger partial charge is 0.480 e. The molecule has 2 rings (SSSR count). The predicted molar refractivity (Wildman–Crippen MR) is 98.3 cm³/mol. The number of rotatable bonds is 5. The molecule has 2 aromatic heterocycles. The summed E-state index contributed by atoms with van der Waals surface area (Å²) >= 11 is 0. The molecule has 0 saturated carbocycles. The lowest BCUT2D eigenvalue weighted by molar-refractivity contribution is 0.248. The van der Waals surface area contributed by atoms with E-state index in [-0.39, 0.29) is 10.9 Å². The SMILES string of the molecule is COc1cnc(-c2nccnc2C(C)OS(C)(C)C(C)(C)C)cn1. The molecule has 6 nitrogen and oxygen atoms in total. The van der Waals surface area contributed by atoms with Crippen LogP contribution in [0.15, 0.2) is 24.8 Å². The maximum absolute atomic E-state index is 6.40. The van der Waals surface area contributed by atoms with Gasteiger partial charge in [-0.1, -0.05) is 20.8 Å². The molecule has 0 bridgehead atoms. The molecule has 2 aromatic rings. The summed E-state index contributed by atoms with van der Waals surface area (Å²) in [6, 6.07) is 0. The fourth-order valence-electron chi connectivity index (χ4n) is 1.94. The van der Waals surface area contributed by atoms with E-state index in [1.807, 2.05) is 6.92 Å². The highest BCUT2D eigenvalue weighted by Gasteiger charge is 2.32. The second-order valence-corrected chi connectivity index (χ2v) is 10.7. The summed E-state index contributed by atoms with van der Waals surface area (Å²) in [7, 11) is 0.282. The van der Waals surface area contributed by atoms with Crippen LogP contribution >= 0.6 is 10.3 Å². The fourth-order valence-corrected chi connectivity index (χ4v) is 3.04. The van der Waals surface area contributed by atoms with Gasteiger partial charge < -0.3 is 8.92 Å². The van der Waals surface area contributed by atoms with Crippen LogP contribution in [-0.4, -0.2) is 44.3 Å². The van der Waals surface area contributed by atoms with Crippen molar-refractivity contribution in [3.63, 3.8) is 0 Å². The van der Waals surface area contributed by atoms with Gasteiger partial charge in [0.1, 0.15) is 17.5 Å². The predicted octanol–water partition coefficient (Wildman–Crippen LogP) is 3.80. The van der Waals surface area contributed by atoms with Crippen molar-refractivity contribution in [1.82, 2.24) is 19.9 Å². The van der Waals surface area contributed by atoms with Crippen molar-refractivity contribution in [2.75, 3.05) is 19.6 Å². The third-order valence-electron chi connectivity index (χ3n) is 4.05. The van der Waals surface area contributed by atoms with Crippen LogP contribution in [0, 0.1) is 0 Å². The minimum absolute atomic E-state index is 0.0730. The molecule has 2 heterocycles. The van der Waals surface area contributed by atoms with E-state index in [1.54, 1.807) is 31.9 Å². The Bertz CT molecular complexity index is 684. The zero-order chi connectivity index (χ0) is 18.0. The zero-order valence-electron chi connectivity index (χ0n) is 15.4. The Hall–Kier alpha value is -1.73. The first kappa shape index (κ1) is 18.6. The van der Waals surface area contributed by atoms with E-state index < -0.39 is 10.3 Å². The number of hydrogen-bond donors (Lipinski definition) is 0. The van der Waals surface area contributed by atoms with Crippen molar-refractivity contribution in [3.05, 3.63) is 30.5 Å². The molecule has 0 aliphatic rings. The third kappa shape index (κ3) is 4.02. The molecule has 1 atom stereocenters. The molecule has 0 aliphatic heterocycles. The maximum atomic E-state index is 6.40. The van der Waals surface area contributed by atoms with E-state index in [2.05, 4.69) is 53.2 Å². The highest BCUT2D eigenvalue weighted by molar-refractivity contribution is 8.29. The molecule has 0 fully saturated rings. The Morgan fingerprint density at radius 3 is 2.21 bits per heavy atom. The van der Waals surface area contributed by atoms with E-state index in [0.717, 1.165) is 5.69 Å². The van der Waals surface area contributed by atoms with Crippen LogP contribution in [-0.2, 0) is 4.18 Å². The highest BCUT2D eigenvalue weighted by Crippen LogP contribution is 2.56. The molecule has 0 radical (unpaired) electrons. The lowest BCUT2D eigenvalue weighted by Gasteiger charge is -2.45. The first-order chi connectivity index (χ1) is 11.2. The Balaban J connectivity index is 2.34. The van der Waals surface area contributed by atoms with Gasteiger partial charge in [-0.15, -0.1) is 10.3 Å². The average molecular weight is 350 g/mol.